The minimum Gasteiger partial charge on any atom is -0.481 e. The number of aliphatic carboxylic acids is 3. The predicted molar refractivity (Wildman–Crippen MR) is 124 cm³/mol. The second kappa shape index (κ2) is 10.6. The van der Waals surface area contributed by atoms with E-state index in [4.69, 9.17) is 20.4 Å². The molecule has 10 nitrogen and oxygen atoms in total. The number of fused-ring (bicyclic) bond motifs is 1. The third-order valence-electron chi connectivity index (χ3n) is 6.28. The maximum absolute atomic E-state index is 12.8. The number of aliphatic hydroxyl groups is 1. The van der Waals surface area contributed by atoms with Gasteiger partial charge in [0, 0.05) is 36.1 Å². The third kappa shape index (κ3) is 6.02. The van der Waals surface area contributed by atoms with E-state index in [1.165, 1.54) is 18.4 Å². The first kappa shape index (κ1) is 25.8. The molecule has 1 aliphatic heterocycles. The van der Waals surface area contributed by atoms with Crippen LogP contribution in [0.5, 0.6) is 0 Å². The number of rotatable bonds is 7. The van der Waals surface area contributed by atoms with Gasteiger partial charge in [0.15, 0.2) is 5.60 Å². The van der Waals surface area contributed by atoms with Crippen LogP contribution in [0, 0.1) is 6.92 Å². The lowest BCUT2D eigenvalue weighted by atomic mass is 9.96. The Morgan fingerprint density at radius 1 is 1.06 bits per heavy atom. The molecule has 1 saturated carbocycles. The zero-order valence-electron chi connectivity index (χ0n) is 19.3. The Balaban J connectivity index is 0.000000228. The summed E-state index contributed by atoms with van der Waals surface area (Å²) in [7, 11) is 0. The lowest BCUT2D eigenvalue weighted by Gasteiger charge is -2.23. The molecule has 2 aliphatic rings. The normalized spacial score (nSPS) is 15.4. The molecule has 35 heavy (non-hydrogen) atoms. The van der Waals surface area contributed by atoms with Crippen LogP contribution in [0.2, 0.25) is 0 Å². The summed E-state index contributed by atoms with van der Waals surface area (Å²) in [6, 6.07) is 8.76. The third-order valence-corrected chi connectivity index (χ3v) is 6.28. The van der Waals surface area contributed by atoms with Crippen LogP contribution >= 0.6 is 0 Å². The van der Waals surface area contributed by atoms with Crippen LogP contribution < -0.4 is 0 Å². The van der Waals surface area contributed by atoms with Crippen molar-refractivity contribution >= 4 is 23.8 Å². The van der Waals surface area contributed by atoms with E-state index in [1.54, 1.807) is 6.20 Å². The lowest BCUT2D eigenvalue weighted by molar-refractivity contribution is -0.170. The molecule has 1 fully saturated rings. The molecular weight excluding hydrogens is 456 g/mol. The highest BCUT2D eigenvalue weighted by Crippen LogP contribution is 2.35. The summed E-state index contributed by atoms with van der Waals surface area (Å²) in [6.07, 6.45) is 6.21. The van der Waals surface area contributed by atoms with Gasteiger partial charge < -0.3 is 25.3 Å². The number of carboxylic acids is 3. The molecule has 186 valence electrons. The zero-order chi connectivity index (χ0) is 25.8. The van der Waals surface area contributed by atoms with Crippen molar-refractivity contribution in [3.05, 3.63) is 53.3 Å². The van der Waals surface area contributed by atoms with Crippen molar-refractivity contribution in [1.29, 1.82) is 0 Å². The molecule has 0 bridgehead atoms. The zero-order valence-corrected chi connectivity index (χ0v) is 19.3. The van der Waals surface area contributed by atoms with E-state index in [0.717, 1.165) is 41.6 Å². The molecule has 0 atom stereocenters. The van der Waals surface area contributed by atoms with E-state index in [9.17, 15) is 19.2 Å². The summed E-state index contributed by atoms with van der Waals surface area (Å²) in [4.78, 5) is 49.5. The van der Waals surface area contributed by atoms with E-state index in [-0.39, 0.29) is 5.91 Å². The van der Waals surface area contributed by atoms with E-state index in [1.807, 2.05) is 12.3 Å². The smallest absolute Gasteiger partial charge is 0.336 e. The van der Waals surface area contributed by atoms with E-state index < -0.39 is 36.4 Å². The summed E-state index contributed by atoms with van der Waals surface area (Å²) in [5.74, 6) is -4.79. The Morgan fingerprint density at radius 2 is 1.69 bits per heavy atom. The molecule has 1 amide bonds. The summed E-state index contributed by atoms with van der Waals surface area (Å²) < 4.78 is 0. The van der Waals surface area contributed by atoms with Crippen LogP contribution in [-0.2, 0) is 20.9 Å². The Kier molecular flexibility index (Phi) is 7.85. The number of carbonyl (C=O) groups excluding carboxylic acids is 1. The van der Waals surface area contributed by atoms with Crippen LogP contribution in [0.3, 0.4) is 0 Å². The fraction of sp³-hybridized carbons (Fsp3) is 0.400. The fourth-order valence-corrected chi connectivity index (χ4v) is 4.61. The molecule has 1 aliphatic carbocycles. The van der Waals surface area contributed by atoms with Gasteiger partial charge in [0.05, 0.1) is 12.8 Å². The van der Waals surface area contributed by atoms with Crippen molar-refractivity contribution in [2.24, 2.45) is 0 Å². The SMILES string of the molecule is Cc1cc(-c2cccnc2)cc2c1C(=O)N(C1CCCC1)C2.O=C(O)CC(O)(CC(=O)O)C(=O)O. The van der Waals surface area contributed by atoms with Gasteiger partial charge in [-0.05, 0) is 48.6 Å². The van der Waals surface area contributed by atoms with Crippen LogP contribution in [0.15, 0.2) is 36.7 Å². The van der Waals surface area contributed by atoms with Crippen molar-refractivity contribution in [2.45, 2.75) is 63.6 Å². The number of nitrogens with zero attached hydrogens (tertiary/aromatic N) is 2. The Morgan fingerprint density at radius 3 is 2.20 bits per heavy atom. The minimum atomic E-state index is -2.74. The van der Waals surface area contributed by atoms with Crippen LogP contribution in [0.1, 0.15) is 60.0 Å². The Hall–Kier alpha value is -3.79. The molecule has 0 spiro atoms. The van der Waals surface area contributed by atoms with Gasteiger partial charge in [-0.3, -0.25) is 19.4 Å². The van der Waals surface area contributed by atoms with Crippen LogP contribution in [0.4, 0.5) is 0 Å². The average Bonchev–Trinajstić information content (AvgIpc) is 3.42. The highest BCUT2D eigenvalue weighted by atomic mass is 16.4. The van der Waals surface area contributed by atoms with Gasteiger partial charge in [-0.2, -0.15) is 0 Å². The average molecular weight is 485 g/mol. The maximum Gasteiger partial charge on any atom is 0.336 e. The van der Waals surface area contributed by atoms with Gasteiger partial charge in [-0.15, -0.1) is 0 Å². The van der Waals surface area contributed by atoms with Gasteiger partial charge in [0.25, 0.3) is 5.91 Å². The second-order valence-corrected chi connectivity index (χ2v) is 8.92. The molecule has 0 radical (unpaired) electrons. The van der Waals surface area contributed by atoms with Gasteiger partial charge >= 0.3 is 17.9 Å². The number of aromatic nitrogens is 1. The first-order chi connectivity index (χ1) is 16.5. The number of carboxylic acid groups (broad SMARTS) is 3. The van der Waals surface area contributed by atoms with Crippen LogP contribution in [-0.4, -0.2) is 65.8 Å². The number of amides is 1. The number of aryl methyl sites for hydroxylation is 1. The second-order valence-electron chi connectivity index (χ2n) is 8.92. The highest BCUT2D eigenvalue weighted by molar-refractivity contribution is 6.00. The standard InChI is InChI=1S/C19H20N2O.C6H8O7/c1-13-9-15(14-5-4-8-20-11-14)10-16-12-21(19(22)18(13)16)17-6-2-3-7-17;7-3(8)1-6(13,5(11)12)2-4(9)10/h4-5,8-11,17H,2-3,6-7,12H2,1H3;13H,1-2H2,(H,7,8)(H,9,10)(H,11,12). The van der Waals surface area contributed by atoms with E-state index >= 15 is 0 Å². The quantitative estimate of drug-likeness (QED) is 0.462. The first-order valence-electron chi connectivity index (χ1n) is 11.3. The van der Waals surface area contributed by atoms with Crippen molar-refractivity contribution < 1.29 is 39.6 Å². The van der Waals surface area contributed by atoms with Gasteiger partial charge in [0.2, 0.25) is 0 Å². The molecular formula is C25H28N2O8. The van der Waals surface area contributed by atoms with Crippen LogP contribution in [0.25, 0.3) is 11.1 Å². The van der Waals surface area contributed by atoms with Gasteiger partial charge in [-0.25, -0.2) is 4.79 Å². The molecule has 2 aromatic rings. The number of pyridine rings is 1. The highest BCUT2D eigenvalue weighted by Gasteiger charge is 2.41. The summed E-state index contributed by atoms with van der Waals surface area (Å²) in [5.41, 5.74) is 2.72. The summed E-state index contributed by atoms with van der Waals surface area (Å²) >= 11 is 0. The fourth-order valence-electron chi connectivity index (χ4n) is 4.61. The van der Waals surface area contributed by atoms with Crippen molar-refractivity contribution in [3.63, 3.8) is 0 Å². The van der Waals surface area contributed by atoms with E-state index in [2.05, 4.69) is 35.0 Å². The Labute approximate surface area is 201 Å². The predicted octanol–water partition coefficient (Wildman–Crippen LogP) is 2.71. The molecule has 4 N–H and O–H groups in total. The lowest BCUT2D eigenvalue weighted by Crippen LogP contribution is -2.42. The van der Waals surface area contributed by atoms with Gasteiger partial charge in [0.1, 0.15) is 0 Å². The maximum atomic E-state index is 12.8. The molecule has 0 saturated heterocycles. The molecule has 0 unspecified atom stereocenters. The molecule has 1 aromatic heterocycles. The largest absolute Gasteiger partial charge is 0.481 e. The number of hydrogen-bond donors (Lipinski definition) is 4. The molecule has 4 rings (SSSR count). The summed E-state index contributed by atoms with van der Waals surface area (Å²) in [5, 5.41) is 33.8. The Bertz CT molecular complexity index is 1110. The van der Waals surface area contributed by atoms with E-state index in [0.29, 0.717) is 6.04 Å². The molecule has 2 heterocycles. The number of benzene rings is 1. The number of hydrogen-bond acceptors (Lipinski definition) is 6. The van der Waals surface area contributed by atoms with Crippen molar-refractivity contribution in [3.8, 4) is 11.1 Å². The van der Waals surface area contributed by atoms with Gasteiger partial charge in [-0.1, -0.05) is 25.0 Å². The minimum absolute atomic E-state index is 0.233. The summed E-state index contributed by atoms with van der Waals surface area (Å²) in [6.45, 7) is 2.82. The topological polar surface area (TPSA) is 165 Å². The number of carbonyl (C=O) groups is 4. The first-order valence-corrected chi connectivity index (χ1v) is 11.3. The monoisotopic (exact) mass is 484 g/mol. The van der Waals surface area contributed by atoms with Crippen molar-refractivity contribution in [1.82, 2.24) is 9.88 Å². The molecule has 10 heteroatoms. The van der Waals surface area contributed by atoms with Crippen molar-refractivity contribution in [2.75, 3.05) is 0 Å². The molecule has 1 aromatic carbocycles.